The van der Waals surface area contributed by atoms with E-state index >= 15 is 0 Å². The molecular formula is C7H11N3O4S2. The third-order valence-corrected chi connectivity index (χ3v) is 4.92. The summed E-state index contributed by atoms with van der Waals surface area (Å²) in [7, 11) is -7.63. The minimum Gasteiger partial charge on any atom is -0.396 e. The van der Waals surface area contributed by atoms with Gasteiger partial charge in [-0.15, -0.1) is 0 Å². The zero-order valence-electron chi connectivity index (χ0n) is 8.41. The highest BCUT2D eigenvalue weighted by molar-refractivity contribution is 8.08. The van der Waals surface area contributed by atoms with Crippen molar-refractivity contribution in [1.29, 1.82) is 0 Å². The first-order chi connectivity index (χ1) is 7.20. The highest BCUT2D eigenvalue weighted by Gasteiger charge is 2.19. The van der Waals surface area contributed by atoms with Gasteiger partial charge in [0.05, 0.1) is 5.69 Å². The fourth-order valence-corrected chi connectivity index (χ4v) is 3.92. The molecule has 9 heteroatoms. The molecule has 0 unspecified atom stereocenters. The van der Waals surface area contributed by atoms with Gasteiger partial charge < -0.3 is 5.73 Å². The van der Waals surface area contributed by atoms with Crippen LogP contribution in [-0.4, -0.2) is 33.2 Å². The number of pyridine rings is 1. The molecule has 0 bridgehead atoms. The van der Waals surface area contributed by atoms with E-state index in [4.69, 9.17) is 5.73 Å². The van der Waals surface area contributed by atoms with E-state index in [0.717, 1.165) is 6.26 Å². The summed E-state index contributed by atoms with van der Waals surface area (Å²) < 4.78 is 46.5. The molecular weight excluding hydrogens is 254 g/mol. The highest BCUT2D eigenvalue weighted by atomic mass is 32.3. The predicted molar refractivity (Wildman–Crippen MR) is 60.9 cm³/mol. The minimum absolute atomic E-state index is 0.0776. The number of nitrogens with zero attached hydrogens (tertiary/aromatic N) is 1. The number of nitrogens with two attached hydrogens (primary N) is 1. The molecule has 0 aromatic carbocycles. The van der Waals surface area contributed by atoms with Gasteiger partial charge in [-0.2, -0.15) is 0 Å². The van der Waals surface area contributed by atoms with Crippen molar-refractivity contribution in [2.45, 2.75) is 0 Å². The Labute approximate surface area is 93.7 Å². The molecule has 3 N–H and O–H groups in total. The van der Waals surface area contributed by atoms with Gasteiger partial charge in [-0.05, 0) is 12.1 Å². The third-order valence-electron chi connectivity index (χ3n) is 1.46. The highest BCUT2D eigenvalue weighted by Crippen LogP contribution is 2.15. The molecule has 0 saturated heterocycles. The summed E-state index contributed by atoms with van der Waals surface area (Å²) in [6.45, 7) is 0. The van der Waals surface area contributed by atoms with E-state index in [2.05, 4.69) is 4.98 Å². The van der Waals surface area contributed by atoms with E-state index in [9.17, 15) is 16.8 Å². The molecule has 7 nitrogen and oxygen atoms in total. The van der Waals surface area contributed by atoms with Gasteiger partial charge in [0.25, 0.3) is 0 Å². The van der Waals surface area contributed by atoms with Crippen LogP contribution >= 0.6 is 0 Å². The number of nitrogen functional groups attached to an aromatic ring is 1. The summed E-state index contributed by atoms with van der Waals surface area (Å²) >= 11 is 0. The molecule has 1 heterocycles. The Bertz CT molecular complexity index is 579. The largest absolute Gasteiger partial charge is 0.396 e. The molecule has 0 amide bonds. The molecule has 0 aliphatic carbocycles. The van der Waals surface area contributed by atoms with Crippen LogP contribution in [0.25, 0.3) is 0 Å². The van der Waals surface area contributed by atoms with Crippen molar-refractivity contribution in [2.24, 2.45) is 0 Å². The first kappa shape index (κ1) is 12.7. The number of anilines is 2. The van der Waals surface area contributed by atoms with Crippen molar-refractivity contribution >= 4 is 31.4 Å². The lowest BCUT2D eigenvalue weighted by Crippen LogP contribution is -2.23. The van der Waals surface area contributed by atoms with Crippen molar-refractivity contribution in [3.8, 4) is 0 Å². The normalized spacial score (nSPS) is 12.3. The van der Waals surface area contributed by atoms with Gasteiger partial charge in [-0.25, -0.2) is 21.8 Å². The Hall–Kier alpha value is -1.35. The lowest BCUT2D eigenvalue weighted by Gasteiger charge is -2.07. The quantitative estimate of drug-likeness (QED) is 0.750. The molecule has 0 aliphatic heterocycles. The van der Waals surface area contributed by atoms with Gasteiger partial charge in [0, 0.05) is 12.5 Å². The predicted octanol–water partition coefficient (Wildman–Crippen LogP) is -0.592. The average Bonchev–Trinajstić information content (AvgIpc) is 2.04. The van der Waals surface area contributed by atoms with Crippen LogP contribution in [0.1, 0.15) is 0 Å². The van der Waals surface area contributed by atoms with Crippen LogP contribution in [0.2, 0.25) is 0 Å². The molecule has 16 heavy (non-hydrogen) atoms. The number of hydrogen-bond donors (Lipinski definition) is 2. The Kier molecular flexibility index (Phi) is 3.38. The maximum atomic E-state index is 11.4. The van der Waals surface area contributed by atoms with Gasteiger partial charge >= 0.3 is 0 Å². The van der Waals surface area contributed by atoms with Gasteiger partial charge in [0.1, 0.15) is 0 Å². The molecule has 0 spiro atoms. The summed E-state index contributed by atoms with van der Waals surface area (Å²) in [6.07, 6.45) is 2.17. The second-order valence-corrected chi connectivity index (χ2v) is 7.43. The van der Waals surface area contributed by atoms with Gasteiger partial charge in [-0.3, -0.25) is 4.72 Å². The van der Waals surface area contributed by atoms with Crippen LogP contribution in [-0.2, 0) is 19.9 Å². The van der Waals surface area contributed by atoms with Crippen molar-refractivity contribution in [2.75, 3.05) is 21.8 Å². The van der Waals surface area contributed by atoms with E-state index in [-0.39, 0.29) is 11.5 Å². The molecule has 1 aromatic heterocycles. The Morgan fingerprint density at radius 2 is 2.00 bits per heavy atom. The number of rotatable bonds is 4. The number of nitrogens with one attached hydrogen (secondary N) is 1. The summed E-state index contributed by atoms with van der Waals surface area (Å²) in [6, 6.07) is 2.98. The molecule has 1 rings (SSSR count). The average molecular weight is 265 g/mol. The minimum atomic E-state index is -4.00. The SMILES string of the molecule is CS(=O)(=O)CS(=O)(=O)Nc1ncccc1N. The second kappa shape index (κ2) is 4.26. The number of sulfonamides is 1. The van der Waals surface area contributed by atoms with Gasteiger partial charge in [-0.1, -0.05) is 0 Å². The summed E-state index contributed by atoms with van der Waals surface area (Å²) in [5, 5.41) is -1.00. The van der Waals surface area contributed by atoms with Crippen LogP contribution < -0.4 is 10.5 Å². The van der Waals surface area contributed by atoms with Crippen molar-refractivity contribution in [3.05, 3.63) is 18.3 Å². The number of aromatic nitrogens is 1. The summed E-state index contributed by atoms with van der Waals surface area (Å²) in [5.41, 5.74) is 5.58. The Balaban J connectivity index is 2.95. The van der Waals surface area contributed by atoms with Crippen LogP contribution in [0.3, 0.4) is 0 Å². The monoisotopic (exact) mass is 265 g/mol. The van der Waals surface area contributed by atoms with E-state index in [1.54, 1.807) is 0 Å². The Morgan fingerprint density at radius 1 is 1.38 bits per heavy atom. The smallest absolute Gasteiger partial charge is 0.248 e. The molecule has 1 aromatic rings. The van der Waals surface area contributed by atoms with Crippen LogP contribution in [0.5, 0.6) is 0 Å². The van der Waals surface area contributed by atoms with E-state index in [1.807, 2.05) is 4.72 Å². The first-order valence-electron chi connectivity index (χ1n) is 4.08. The maximum Gasteiger partial charge on any atom is 0.248 e. The second-order valence-electron chi connectivity index (χ2n) is 3.20. The molecule has 0 fully saturated rings. The van der Waals surface area contributed by atoms with Crippen LogP contribution in [0, 0.1) is 0 Å². The number of hydrogen-bond acceptors (Lipinski definition) is 6. The fraction of sp³-hybridized carbons (Fsp3) is 0.286. The summed E-state index contributed by atoms with van der Waals surface area (Å²) in [5.74, 6) is -0.0776. The fourth-order valence-electron chi connectivity index (χ4n) is 0.962. The van der Waals surface area contributed by atoms with Crippen molar-refractivity contribution in [1.82, 2.24) is 4.98 Å². The van der Waals surface area contributed by atoms with Gasteiger partial charge in [0.2, 0.25) is 10.0 Å². The summed E-state index contributed by atoms with van der Waals surface area (Å²) in [4.78, 5) is 3.68. The third kappa shape index (κ3) is 4.03. The zero-order valence-corrected chi connectivity index (χ0v) is 10.0. The maximum absolute atomic E-state index is 11.4. The standard InChI is InChI=1S/C7H11N3O4S2/c1-15(11,12)5-16(13,14)10-7-6(8)3-2-4-9-7/h2-4H,5,8H2,1H3,(H,9,10). The van der Waals surface area contributed by atoms with Crippen molar-refractivity contribution in [3.63, 3.8) is 0 Å². The molecule has 0 radical (unpaired) electrons. The molecule has 90 valence electrons. The molecule has 0 aliphatic rings. The Morgan fingerprint density at radius 3 is 2.50 bits per heavy atom. The topological polar surface area (TPSA) is 119 Å². The van der Waals surface area contributed by atoms with E-state index in [0.29, 0.717) is 0 Å². The van der Waals surface area contributed by atoms with E-state index < -0.39 is 24.9 Å². The zero-order chi connectivity index (χ0) is 12.4. The van der Waals surface area contributed by atoms with Gasteiger partial charge in [0.15, 0.2) is 20.7 Å². The lowest BCUT2D eigenvalue weighted by molar-refractivity contribution is 0.595. The van der Waals surface area contributed by atoms with E-state index in [1.165, 1.54) is 18.3 Å². The molecule has 0 atom stereocenters. The van der Waals surface area contributed by atoms with Crippen LogP contribution in [0.15, 0.2) is 18.3 Å². The first-order valence-corrected chi connectivity index (χ1v) is 7.79. The van der Waals surface area contributed by atoms with Crippen molar-refractivity contribution < 1.29 is 16.8 Å². The lowest BCUT2D eigenvalue weighted by atomic mass is 10.4. The van der Waals surface area contributed by atoms with Crippen LogP contribution in [0.4, 0.5) is 11.5 Å². The molecule has 0 saturated carbocycles. The number of sulfone groups is 1.